The summed E-state index contributed by atoms with van der Waals surface area (Å²) in [6, 6.07) is 7.90. The molecular weight excluding hydrogens is 242 g/mol. The third kappa shape index (κ3) is 3.23. The van der Waals surface area contributed by atoms with Gasteiger partial charge in [-0.1, -0.05) is 17.3 Å². The molecule has 1 heterocycles. The maximum Gasteiger partial charge on any atom is 0.142 e. The van der Waals surface area contributed by atoms with Gasteiger partial charge in [0, 0.05) is 13.6 Å². The summed E-state index contributed by atoms with van der Waals surface area (Å²) in [7, 11) is 3.67. The molecule has 0 saturated carbocycles. The lowest BCUT2D eigenvalue weighted by Gasteiger charge is -2.20. The number of aromatic nitrogens is 3. The SMILES string of the molecule is COc1ccccc1N(C)Cc1cn(CCN)nn1. The van der Waals surface area contributed by atoms with E-state index in [1.165, 1.54) is 0 Å². The lowest BCUT2D eigenvalue weighted by Crippen LogP contribution is -2.17. The normalized spacial score (nSPS) is 10.5. The number of hydrogen-bond acceptors (Lipinski definition) is 5. The van der Waals surface area contributed by atoms with Crippen LogP contribution in [0.2, 0.25) is 0 Å². The first-order valence-electron chi connectivity index (χ1n) is 6.18. The molecule has 0 aliphatic heterocycles. The molecule has 6 nitrogen and oxygen atoms in total. The number of methoxy groups -OCH3 is 1. The fraction of sp³-hybridized carbons (Fsp3) is 0.385. The molecule has 0 unspecified atom stereocenters. The van der Waals surface area contributed by atoms with E-state index < -0.39 is 0 Å². The lowest BCUT2D eigenvalue weighted by atomic mass is 10.2. The topological polar surface area (TPSA) is 69.2 Å². The van der Waals surface area contributed by atoms with Gasteiger partial charge in [0.25, 0.3) is 0 Å². The number of nitrogens with zero attached hydrogens (tertiary/aromatic N) is 4. The van der Waals surface area contributed by atoms with E-state index in [4.69, 9.17) is 10.5 Å². The Kier molecular flexibility index (Phi) is 4.35. The van der Waals surface area contributed by atoms with Crippen molar-refractivity contribution in [2.45, 2.75) is 13.1 Å². The molecule has 0 aliphatic rings. The molecule has 0 spiro atoms. The summed E-state index contributed by atoms with van der Waals surface area (Å²) >= 11 is 0. The largest absolute Gasteiger partial charge is 0.495 e. The maximum atomic E-state index is 5.48. The van der Waals surface area contributed by atoms with Gasteiger partial charge in [-0.05, 0) is 12.1 Å². The molecule has 2 N–H and O–H groups in total. The van der Waals surface area contributed by atoms with Crippen LogP contribution in [0.3, 0.4) is 0 Å². The van der Waals surface area contributed by atoms with Crippen molar-refractivity contribution in [3.05, 3.63) is 36.2 Å². The molecule has 6 heteroatoms. The molecule has 102 valence electrons. The molecule has 0 saturated heterocycles. The Bertz CT molecular complexity index is 525. The fourth-order valence-corrected chi connectivity index (χ4v) is 1.93. The van der Waals surface area contributed by atoms with Crippen molar-refractivity contribution in [2.24, 2.45) is 5.73 Å². The second-order valence-electron chi connectivity index (χ2n) is 4.29. The van der Waals surface area contributed by atoms with E-state index in [0.717, 1.165) is 17.1 Å². The van der Waals surface area contributed by atoms with Gasteiger partial charge >= 0.3 is 0 Å². The Morgan fingerprint density at radius 1 is 1.37 bits per heavy atom. The van der Waals surface area contributed by atoms with Crippen LogP contribution in [-0.2, 0) is 13.1 Å². The second kappa shape index (κ2) is 6.19. The van der Waals surface area contributed by atoms with Gasteiger partial charge in [0.1, 0.15) is 11.4 Å². The third-order valence-corrected chi connectivity index (χ3v) is 2.84. The number of hydrogen-bond donors (Lipinski definition) is 1. The zero-order valence-corrected chi connectivity index (χ0v) is 11.3. The van der Waals surface area contributed by atoms with Gasteiger partial charge in [-0.2, -0.15) is 0 Å². The Morgan fingerprint density at radius 3 is 2.89 bits per heavy atom. The van der Waals surface area contributed by atoms with Crippen LogP contribution in [0.15, 0.2) is 30.5 Å². The predicted molar refractivity (Wildman–Crippen MR) is 74.2 cm³/mol. The van der Waals surface area contributed by atoms with Crippen LogP contribution in [0.4, 0.5) is 5.69 Å². The number of anilines is 1. The molecule has 0 amide bonds. The summed E-state index contributed by atoms with van der Waals surface area (Å²) in [5, 5.41) is 8.15. The standard InChI is InChI=1S/C13H19N5O/c1-17(12-5-3-4-6-13(12)19-2)9-11-10-18(8-7-14)16-15-11/h3-6,10H,7-9,14H2,1-2H3. The number of ether oxygens (including phenoxy) is 1. The summed E-state index contributed by atoms with van der Waals surface area (Å²) in [6.07, 6.45) is 1.92. The molecule has 2 rings (SSSR count). The van der Waals surface area contributed by atoms with Crippen LogP contribution < -0.4 is 15.4 Å². The quantitative estimate of drug-likeness (QED) is 0.836. The average molecular weight is 261 g/mol. The Labute approximate surface area is 112 Å². The van der Waals surface area contributed by atoms with Gasteiger partial charge in [-0.3, -0.25) is 4.68 Å². The highest BCUT2D eigenvalue weighted by Crippen LogP contribution is 2.27. The highest BCUT2D eigenvalue weighted by molar-refractivity contribution is 5.57. The third-order valence-electron chi connectivity index (χ3n) is 2.84. The molecule has 0 fully saturated rings. The molecular formula is C13H19N5O. The van der Waals surface area contributed by atoms with Crippen molar-refractivity contribution in [3.8, 4) is 5.75 Å². The van der Waals surface area contributed by atoms with Gasteiger partial charge in [0.15, 0.2) is 0 Å². The second-order valence-corrected chi connectivity index (χ2v) is 4.29. The van der Waals surface area contributed by atoms with Gasteiger partial charge in [-0.15, -0.1) is 5.10 Å². The van der Waals surface area contributed by atoms with Gasteiger partial charge < -0.3 is 15.4 Å². The van der Waals surface area contributed by atoms with E-state index in [1.807, 2.05) is 37.5 Å². The summed E-state index contributed by atoms with van der Waals surface area (Å²) in [5.74, 6) is 0.847. The van der Waals surface area contributed by atoms with E-state index in [0.29, 0.717) is 19.6 Å². The highest BCUT2D eigenvalue weighted by atomic mass is 16.5. The number of rotatable bonds is 6. The first kappa shape index (κ1) is 13.4. The van der Waals surface area contributed by atoms with Crippen LogP contribution in [0.5, 0.6) is 5.75 Å². The predicted octanol–water partition coefficient (Wildman–Crippen LogP) is 0.882. The number of nitrogens with two attached hydrogens (primary N) is 1. The first-order valence-corrected chi connectivity index (χ1v) is 6.18. The lowest BCUT2D eigenvalue weighted by molar-refractivity contribution is 0.414. The van der Waals surface area contributed by atoms with Crippen molar-refractivity contribution in [1.29, 1.82) is 0 Å². The average Bonchev–Trinajstić information content (AvgIpc) is 2.86. The summed E-state index contributed by atoms with van der Waals surface area (Å²) in [5.41, 5.74) is 7.42. The minimum absolute atomic E-state index is 0.561. The number of benzene rings is 1. The maximum absolute atomic E-state index is 5.48. The summed E-state index contributed by atoms with van der Waals surface area (Å²) in [6.45, 7) is 1.92. The molecule has 0 bridgehead atoms. The molecule has 1 aromatic carbocycles. The Morgan fingerprint density at radius 2 is 2.16 bits per heavy atom. The van der Waals surface area contributed by atoms with Crippen molar-refractivity contribution in [3.63, 3.8) is 0 Å². The molecule has 1 aromatic heterocycles. The van der Waals surface area contributed by atoms with Crippen LogP contribution in [-0.4, -0.2) is 35.7 Å². The van der Waals surface area contributed by atoms with E-state index in [1.54, 1.807) is 11.8 Å². The molecule has 0 aliphatic carbocycles. The van der Waals surface area contributed by atoms with Gasteiger partial charge in [0.05, 0.1) is 32.1 Å². The van der Waals surface area contributed by atoms with E-state index in [-0.39, 0.29) is 0 Å². The van der Waals surface area contributed by atoms with Crippen molar-refractivity contribution >= 4 is 5.69 Å². The monoisotopic (exact) mass is 261 g/mol. The molecule has 2 aromatic rings. The fourth-order valence-electron chi connectivity index (χ4n) is 1.93. The first-order chi connectivity index (χ1) is 9.24. The van der Waals surface area contributed by atoms with E-state index >= 15 is 0 Å². The van der Waals surface area contributed by atoms with E-state index in [2.05, 4.69) is 15.2 Å². The zero-order valence-electron chi connectivity index (χ0n) is 11.3. The number of para-hydroxylation sites is 2. The van der Waals surface area contributed by atoms with Crippen LogP contribution >= 0.6 is 0 Å². The summed E-state index contributed by atoms with van der Waals surface area (Å²) in [4.78, 5) is 2.08. The van der Waals surface area contributed by atoms with Crippen molar-refractivity contribution in [1.82, 2.24) is 15.0 Å². The zero-order chi connectivity index (χ0) is 13.7. The summed E-state index contributed by atoms with van der Waals surface area (Å²) < 4.78 is 7.10. The molecule has 0 radical (unpaired) electrons. The van der Waals surface area contributed by atoms with Crippen LogP contribution in [0.25, 0.3) is 0 Å². The van der Waals surface area contributed by atoms with Crippen molar-refractivity contribution in [2.75, 3.05) is 25.6 Å². The van der Waals surface area contributed by atoms with E-state index in [9.17, 15) is 0 Å². The minimum Gasteiger partial charge on any atom is -0.495 e. The highest BCUT2D eigenvalue weighted by Gasteiger charge is 2.09. The van der Waals surface area contributed by atoms with Gasteiger partial charge in [0.2, 0.25) is 0 Å². The van der Waals surface area contributed by atoms with Crippen LogP contribution in [0, 0.1) is 0 Å². The Hall–Kier alpha value is -2.08. The minimum atomic E-state index is 0.561. The smallest absolute Gasteiger partial charge is 0.142 e. The Balaban J connectivity index is 2.09. The van der Waals surface area contributed by atoms with Gasteiger partial charge in [-0.25, -0.2) is 0 Å². The van der Waals surface area contributed by atoms with Crippen molar-refractivity contribution < 1.29 is 4.74 Å². The molecule has 19 heavy (non-hydrogen) atoms. The molecule has 0 atom stereocenters. The van der Waals surface area contributed by atoms with Crippen LogP contribution in [0.1, 0.15) is 5.69 Å².